The van der Waals surface area contributed by atoms with E-state index in [-0.39, 0.29) is 5.91 Å². The molecule has 5 nitrogen and oxygen atoms in total. The summed E-state index contributed by atoms with van der Waals surface area (Å²) < 4.78 is 5.78. The molecule has 3 aromatic rings. The van der Waals surface area contributed by atoms with E-state index in [0.717, 1.165) is 65.9 Å². The molecule has 2 amide bonds. The van der Waals surface area contributed by atoms with Crippen molar-refractivity contribution in [3.05, 3.63) is 60.2 Å². The Morgan fingerprint density at radius 1 is 0.492 bits per heavy atom. The van der Waals surface area contributed by atoms with Gasteiger partial charge in [0.05, 0.1) is 0 Å². The van der Waals surface area contributed by atoms with Crippen molar-refractivity contribution in [1.29, 1.82) is 0 Å². The first kappa shape index (κ1) is 54.3. The number of hydrogen-bond donors (Lipinski definition) is 1. The normalized spacial score (nSPS) is 12.3. The molecule has 0 aliphatic rings. The smallest absolute Gasteiger partial charge is 0.408 e. The van der Waals surface area contributed by atoms with Gasteiger partial charge >= 0.3 is 6.09 Å². The van der Waals surface area contributed by atoms with Gasteiger partial charge in [-0.2, -0.15) is 0 Å². The highest BCUT2D eigenvalue weighted by atomic mass is 16.6. The summed E-state index contributed by atoms with van der Waals surface area (Å²) in [6, 6.07) is 18.4. The molecule has 0 fully saturated rings. The second-order valence-corrected chi connectivity index (χ2v) is 20.1. The van der Waals surface area contributed by atoms with Crippen molar-refractivity contribution >= 4 is 33.5 Å². The summed E-state index contributed by atoms with van der Waals surface area (Å²) in [7, 11) is 0. The molecule has 0 aromatic heterocycles. The van der Waals surface area contributed by atoms with Crippen molar-refractivity contribution in [3.63, 3.8) is 0 Å². The number of rotatable bonds is 38. The Morgan fingerprint density at radius 3 is 1.14 bits per heavy atom. The molecule has 0 aliphatic carbocycles. The SMILES string of the molecule is CCCCCCCCCCCCCCCCCCN(CCCCCCCCCCCCCCCCCC)C(=O)C(Cc1c2ccccc2cc2ccccc12)NC(=O)OC(C)(C)C. The Kier molecular flexibility index (Phi) is 29.5. The van der Waals surface area contributed by atoms with Crippen LogP contribution in [0.1, 0.15) is 246 Å². The molecule has 5 heteroatoms. The topological polar surface area (TPSA) is 58.6 Å². The van der Waals surface area contributed by atoms with Crippen LogP contribution >= 0.6 is 0 Å². The van der Waals surface area contributed by atoms with Crippen LogP contribution in [0.4, 0.5) is 4.79 Å². The highest BCUT2D eigenvalue weighted by Gasteiger charge is 2.29. The van der Waals surface area contributed by atoms with Crippen LogP contribution in [0.25, 0.3) is 21.5 Å². The maximum atomic E-state index is 14.9. The predicted molar refractivity (Wildman–Crippen MR) is 274 cm³/mol. The largest absolute Gasteiger partial charge is 0.444 e. The zero-order chi connectivity index (χ0) is 45.2. The molecule has 356 valence electrons. The molecule has 0 saturated heterocycles. The third-order valence-electron chi connectivity index (χ3n) is 13.2. The number of fused-ring (bicyclic) bond motifs is 2. The van der Waals surface area contributed by atoms with E-state index in [4.69, 9.17) is 4.74 Å². The van der Waals surface area contributed by atoms with Crippen LogP contribution in [0.2, 0.25) is 0 Å². The van der Waals surface area contributed by atoms with E-state index in [0.29, 0.717) is 6.42 Å². The summed E-state index contributed by atoms with van der Waals surface area (Å²) in [5.41, 5.74) is 0.438. The zero-order valence-corrected chi connectivity index (χ0v) is 41.7. The third kappa shape index (κ3) is 24.7. The molecule has 3 aromatic carbocycles. The second kappa shape index (κ2) is 34.3. The molecular weight excluding hydrogens is 773 g/mol. The van der Waals surface area contributed by atoms with Crippen LogP contribution < -0.4 is 5.32 Å². The highest BCUT2D eigenvalue weighted by molar-refractivity contribution is 6.03. The summed E-state index contributed by atoms with van der Waals surface area (Å²) in [6.45, 7) is 11.7. The lowest BCUT2D eigenvalue weighted by atomic mass is 9.92. The quantitative estimate of drug-likeness (QED) is 0.0461. The fraction of sp³-hybridized carbons (Fsp3) is 0.724. The minimum atomic E-state index is -0.726. The van der Waals surface area contributed by atoms with Gasteiger partial charge in [0, 0.05) is 19.5 Å². The van der Waals surface area contributed by atoms with Gasteiger partial charge in [-0.15, -0.1) is 0 Å². The molecule has 1 unspecified atom stereocenters. The molecule has 1 atom stereocenters. The number of hydrogen-bond acceptors (Lipinski definition) is 3. The molecule has 0 radical (unpaired) electrons. The van der Waals surface area contributed by atoms with Gasteiger partial charge in [0.25, 0.3) is 0 Å². The average molecular weight is 869 g/mol. The van der Waals surface area contributed by atoms with E-state index in [1.54, 1.807) is 0 Å². The van der Waals surface area contributed by atoms with Crippen LogP contribution in [0.3, 0.4) is 0 Å². The second-order valence-electron chi connectivity index (χ2n) is 20.1. The molecule has 0 bridgehead atoms. The van der Waals surface area contributed by atoms with Crippen molar-refractivity contribution in [1.82, 2.24) is 10.2 Å². The summed E-state index contributed by atoms with van der Waals surface area (Å²) in [5.74, 6) is 0.0137. The average Bonchev–Trinajstić information content (AvgIpc) is 3.26. The fourth-order valence-corrected chi connectivity index (χ4v) is 9.44. The number of nitrogens with one attached hydrogen (secondary N) is 1. The number of nitrogens with zero attached hydrogens (tertiary/aromatic N) is 1. The number of benzene rings is 3. The summed E-state index contributed by atoms with van der Waals surface area (Å²) >= 11 is 0. The molecule has 63 heavy (non-hydrogen) atoms. The molecular formula is C58H96N2O3. The van der Waals surface area contributed by atoms with Crippen molar-refractivity contribution in [3.8, 4) is 0 Å². The first-order valence-electron chi connectivity index (χ1n) is 26.9. The fourth-order valence-electron chi connectivity index (χ4n) is 9.44. The molecule has 3 rings (SSSR count). The van der Waals surface area contributed by atoms with Crippen LogP contribution in [0, 0.1) is 0 Å². The number of carbonyl (C=O) groups excluding carboxylic acids is 2. The summed E-state index contributed by atoms with van der Waals surface area (Å²) in [4.78, 5) is 30.4. The lowest BCUT2D eigenvalue weighted by Gasteiger charge is -2.30. The molecule has 1 N–H and O–H groups in total. The van der Waals surface area contributed by atoms with Gasteiger partial charge < -0.3 is 15.0 Å². The van der Waals surface area contributed by atoms with E-state index in [9.17, 15) is 9.59 Å². The van der Waals surface area contributed by atoms with Crippen molar-refractivity contribution in [2.24, 2.45) is 0 Å². The summed E-state index contributed by atoms with van der Waals surface area (Å²) in [6.07, 6.45) is 42.4. The van der Waals surface area contributed by atoms with Gasteiger partial charge in [-0.3, -0.25) is 4.79 Å². The van der Waals surface area contributed by atoms with E-state index in [1.807, 2.05) is 20.8 Å². The molecule has 0 saturated carbocycles. The Bertz CT molecular complexity index is 1520. The third-order valence-corrected chi connectivity index (χ3v) is 13.2. The Morgan fingerprint density at radius 2 is 0.810 bits per heavy atom. The number of unbranched alkanes of at least 4 members (excludes halogenated alkanes) is 30. The lowest BCUT2D eigenvalue weighted by molar-refractivity contribution is -0.133. The number of alkyl carbamates (subject to hydrolysis) is 1. The van der Waals surface area contributed by atoms with E-state index >= 15 is 0 Å². The van der Waals surface area contributed by atoms with E-state index in [1.165, 1.54) is 180 Å². The van der Waals surface area contributed by atoms with Gasteiger partial charge in [0.1, 0.15) is 11.6 Å². The van der Waals surface area contributed by atoms with E-state index in [2.05, 4.69) is 78.7 Å². The highest BCUT2D eigenvalue weighted by Crippen LogP contribution is 2.30. The number of carbonyl (C=O) groups is 2. The van der Waals surface area contributed by atoms with Crippen molar-refractivity contribution in [2.75, 3.05) is 13.1 Å². The Labute approximate surface area is 388 Å². The molecule has 0 spiro atoms. The predicted octanol–water partition coefficient (Wildman–Crippen LogP) is 17.8. The minimum absolute atomic E-state index is 0.0137. The van der Waals surface area contributed by atoms with Gasteiger partial charge in [0.15, 0.2) is 0 Å². The van der Waals surface area contributed by atoms with Gasteiger partial charge in [0.2, 0.25) is 5.91 Å². The zero-order valence-electron chi connectivity index (χ0n) is 41.7. The van der Waals surface area contributed by atoms with Gasteiger partial charge in [-0.1, -0.05) is 255 Å². The first-order valence-corrected chi connectivity index (χ1v) is 26.9. The maximum absolute atomic E-state index is 14.9. The maximum Gasteiger partial charge on any atom is 0.408 e. The molecule has 0 heterocycles. The molecule has 0 aliphatic heterocycles. The van der Waals surface area contributed by atoms with Crippen LogP contribution in [0.15, 0.2) is 54.6 Å². The lowest BCUT2D eigenvalue weighted by Crippen LogP contribution is -2.51. The number of ether oxygens (including phenoxy) is 1. The monoisotopic (exact) mass is 869 g/mol. The Balaban J connectivity index is 1.55. The van der Waals surface area contributed by atoms with Gasteiger partial charge in [-0.25, -0.2) is 4.79 Å². The standard InChI is InChI=1S/C58H96N2O3/c1-6-8-10-12-14-16-18-20-22-24-26-28-30-32-34-40-46-60(47-41-35-33-31-29-27-25-23-21-19-17-15-13-11-9-7-2)56(61)55(59-57(62)63-58(3,4)5)49-54-52-44-38-36-42-50(52)48-51-43-37-39-45-53(51)54/h36-39,42-45,48,55H,6-35,40-41,46-47,49H2,1-5H3,(H,59,62). The summed E-state index contributed by atoms with van der Waals surface area (Å²) in [5, 5.41) is 7.64. The minimum Gasteiger partial charge on any atom is -0.444 e. The Hall–Kier alpha value is -3.08. The van der Waals surface area contributed by atoms with Gasteiger partial charge in [-0.05, 0) is 66.8 Å². The van der Waals surface area contributed by atoms with Crippen LogP contribution in [-0.2, 0) is 16.0 Å². The van der Waals surface area contributed by atoms with Crippen LogP contribution in [-0.4, -0.2) is 41.6 Å². The number of amides is 2. The van der Waals surface area contributed by atoms with E-state index < -0.39 is 17.7 Å². The van der Waals surface area contributed by atoms with Crippen molar-refractivity contribution < 1.29 is 14.3 Å². The van der Waals surface area contributed by atoms with Crippen LogP contribution in [0.5, 0.6) is 0 Å². The van der Waals surface area contributed by atoms with Crippen molar-refractivity contribution in [2.45, 2.75) is 258 Å². The first-order chi connectivity index (χ1) is 30.7.